The van der Waals surface area contributed by atoms with Crippen molar-refractivity contribution in [3.63, 3.8) is 0 Å². The largest absolute Gasteiger partial charge is 0.394 e. The lowest BCUT2D eigenvalue weighted by Crippen LogP contribution is -2.50. The average molecular weight is 298 g/mol. The van der Waals surface area contributed by atoms with E-state index in [9.17, 15) is 14.7 Å². The van der Waals surface area contributed by atoms with Crippen LogP contribution in [0.15, 0.2) is 0 Å². The third-order valence-corrected chi connectivity index (χ3v) is 4.43. The molecule has 0 bridgehead atoms. The first-order valence-corrected chi connectivity index (χ1v) is 7.91. The second kappa shape index (κ2) is 7.75. The molecule has 120 valence electrons. The minimum Gasteiger partial charge on any atom is -0.394 e. The summed E-state index contributed by atoms with van der Waals surface area (Å²) >= 11 is 0. The molecule has 3 atom stereocenters. The van der Waals surface area contributed by atoms with E-state index in [4.69, 9.17) is 4.74 Å². The first-order valence-electron chi connectivity index (χ1n) is 7.91. The number of amides is 2. The molecule has 0 aromatic rings. The summed E-state index contributed by atoms with van der Waals surface area (Å²) in [6, 6.07) is -0.117. The Balaban J connectivity index is 1.68. The van der Waals surface area contributed by atoms with Gasteiger partial charge in [0.1, 0.15) is 6.10 Å². The van der Waals surface area contributed by atoms with Gasteiger partial charge in [-0.1, -0.05) is 6.42 Å². The van der Waals surface area contributed by atoms with Crippen LogP contribution in [0.25, 0.3) is 0 Å². The molecular weight excluding hydrogens is 272 g/mol. The van der Waals surface area contributed by atoms with Gasteiger partial charge in [0.2, 0.25) is 11.8 Å². The van der Waals surface area contributed by atoms with Crippen molar-refractivity contribution in [3.8, 4) is 0 Å². The van der Waals surface area contributed by atoms with E-state index < -0.39 is 0 Å². The molecule has 2 amide bonds. The molecule has 0 aromatic heterocycles. The second-order valence-electron chi connectivity index (χ2n) is 6.07. The molecule has 3 N–H and O–H groups in total. The molecule has 1 saturated carbocycles. The summed E-state index contributed by atoms with van der Waals surface area (Å²) < 4.78 is 5.82. The van der Waals surface area contributed by atoms with Crippen molar-refractivity contribution >= 4 is 11.8 Å². The van der Waals surface area contributed by atoms with Crippen molar-refractivity contribution in [2.45, 2.75) is 63.7 Å². The van der Waals surface area contributed by atoms with E-state index in [1.54, 1.807) is 0 Å². The summed E-state index contributed by atoms with van der Waals surface area (Å²) in [6.45, 7) is 1.98. The summed E-state index contributed by atoms with van der Waals surface area (Å²) in [5.41, 5.74) is 0. The van der Waals surface area contributed by atoms with Crippen LogP contribution < -0.4 is 10.6 Å². The topological polar surface area (TPSA) is 87.7 Å². The number of nitrogens with one attached hydrogen (secondary N) is 2. The molecule has 21 heavy (non-hydrogen) atoms. The highest BCUT2D eigenvalue weighted by Crippen LogP contribution is 2.26. The SMILES string of the molecule is CC(=O)N[C@@H]1CC[C@@H](CCNC(=O)C2CCC2)O[C@@H]1CO. The van der Waals surface area contributed by atoms with Gasteiger partial charge in [0.05, 0.1) is 18.8 Å². The number of aliphatic hydroxyl groups excluding tert-OH is 1. The zero-order valence-corrected chi connectivity index (χ0v) is 12.6. The second-order valence-corrected chi connectivity index (χ2v) is 6.07. The number of aliphatic hydroxyl groups is 1. The highest BCUT2D eigenvalue weighted by atomic mass is 16.5. The van der Waals surface area contributed by atoms with Crippen LogP contribution in [0.2, 0.25) is 0 Å². The zero-order chi connectivity index (χ0) is 15.2. The highest BCUT2D eigenvalue weighted by Gasteiger charge is 2.31. The molecule has 0 spiro atoms. The minimum atomic E-state index is -0.352. The van der Waals surface area contributed by atoms with Gasteiger partial charge in [-0.2, -0.15) is 0 Å². The van der Waals surface area contributed by atoms with Crippen LogP contribution in [0.1, 0.15) is 45.4 Å². The number of carbonyl (C=O) groups excluding carboxylic acids is 2. The predicted octanol–water partition coefficient (Wildman–Crippen LogP) is 0.337. The fourth-order valence-electron chi connectivity index (χ4n) is 2.94. The molecule has 0 radical (unpaired) electrons. The van der Waals surface area contributed by atoms with Crippen molar-refractivity contribution in [1.82, 2.24) is 10.6 Å². The van der Waals surface area contributed by atoms with Crippen LogP contribution >= 0.6 is 0 Å². The van der Waals surface area contributed by atoms with Crippen LogP contribution in [-0.4, -0.2) is 48.3 Å². The molecule has 6 heteroatoms. The predicted molar refractivity (Wildman–Crippen MR) is 77.6 cm³/mol. The molecule has 1 saturated heterocycles. The van der Waals surface area contributed by atoms with Crippen molar-refractivity contribution in [3.05, 3.63) is 0 Å². The van der Waals surface area contributed by atoms with Gasteiger partial charge in [-0.3, -0.25) is 9.59 Å². The number of hydrogen-bond acceptors (Lipinski definition) is 4. The van der Waals surface area contributed by atoms with Gasteiger partial charge < -0.3 is 20.5 Å². The van der Waals surface area contributed by atoms with E-state index in [0.29, 0.717) is 6.54 Å². The summed E-state index contributed by atoms with van der Waals surface area (Å²) in [5.74, 6) is 0.270. The maximum absolute atomic E-state index is 11.7. The Hall–Kier alpha value is -1.14. The third-order valence-electron chi connectivity index (χ3n) is 4.43. The van der Waals surface area contributed by atoms with Crippen LogP contribution in [0.3, 0.4) is 0 Å². The van der Waals surface area contributed by atoms with E-state index in [1.165, 1.54) is 6.92 Å². The van der Waals surface area contributed by atoms with Crippen molar-refractivity contribution in [1.29, 1.82) is 0 Å². The quantitative estimate of drug-likeness (QED) is 0.660. The van der Waals surface area contributed by atoms with Crippen LogP contribution in [0.4, 0.5) is 0 Å². The maximum Gasteiger partial charge on any atom is 0.223 e. The number of carbonyl (C=O) groups is 2. The molecule has 2 rings (SSSR count). The average Bonchev–Trinajstić information content (AvgIpc) is 2.37. The lowest BCUT2D eigenvalue weighted by Gasteiger charge is -2.36. The Kier molecular flexibility index (Phi) is 5.99. The van der Waals surface area contributed by atoms with E-state index in [2.05, 4.69) is 10.6 Å². The van der Waals surface area contributed by atoms with E-state index in [1.807, 2.05) is 0 Å². The summed E-state index contributed by atoms with van der Waals surface area (Å²) in [7, 11) is 0. The van der Waals surface area contributed by atoms with Crippen molar-refractivity contribution < 1.29 is 19.4 Å². The standard InChI is InChI=1S/C15H26N2O4/c1-10(19)17-13-6-5-12(21-14(13)9-18)7-8-16-15(20)11-3-2-4-11/h11-14,18H,2-9H2,1H3,(H,16,20)(H,17,19)/t12-,13+,14+/m0/s1. The van der Waals surface area contributed by atoms with Crippen molar-refractivity contribution in [2.24, 2.45) is 5.92 Å². The van der Waals surface area contributed by atoms with Crippen LogP contribution in [0.5, 0.6) is 0 Å². The Bertz CT molecular complexity index is 371. The van der Waals surface area contributed by atoms with Gasteiger partial charge in [0.25, 0.3) is 0 Å². The maximum atomic E-state index is 11.7. The highest BCUT2D eigenvalue weighted by molar-refractivity contribution is 5.79. The number of ether oxygens (including phenoxy) is 1. The molecule has 0 aromatic carbocycles. The van der Waals surface area contributed by atoms with Gasteiger partial charge in [0, 0.05) is 19.4 Å². The molecule has 1 heterocycles. The molecule has 2 aliphatic rings. The van der Waals surface area contributed by atoms with E-state index in [-0.39, 0.29) is 42.6 Å². The Morgan fingerprint density at radius 3 is 2.57 bits per heavy atom. The lowest BCUT2D eigenvalue weighted by atomic mass is 9.85. The third kappa shape index (κ3) is 4.68. The summed E-state index contributed by atoms with van der Waals surface area (Å²) in [4.78, 5) is 22.8. The first kappa shape index (κ1) is 16.2. The summed E-state index contributed by atoms with van der Waals surface area (Å²) in [5, 5.41) is 15.1. The molecule has 2 fully saturated rings. The molecule has 0 unspecified atom stereocenters. The molecule has 1 aliphatic carbocycles. The monoisotopic (exact) mass is 298 g/mol. The smallest absolute Gasteiger partial charge is 0.223 e. The Morgan fingerprint density at radius 2 is 2.00 bits per heavy atom. The van der Waals surface area contributed by atoms with Gasteiger partial charge in [-0.15, -0.1) is 0 Å². The van der Waals surface area contributed by atoms with E-state index in [0.717, 1.165) is 38.5 Å². The molecule has 1 aliphatic heterocycles. The molecule has 6 nitrogen and oxygen atoms in total. The summed E-state index contributed by atoms with van der Waals surface area (Å²) in [6.07, 6.45) is 5.25. The Labute approximate surface area is 125 Å². The zero-order valence-electron chi connectivity index (χ0n) is 12.6. The minimum absolute atomic E-state index is 0.0360. The fourth-order valence-corrected chi connectivity index (χ4v) is 2.94. The normalized spacial score (nSPS) is 29.5. The van der Waals surface area contributed by atoms with E-state index >= 15 is 0 Å². The van der Waals surface area contributed by atoms with Crippen LogP contribution in [-0.2, 0) is 14.3 Å². The number of hydrogen-bond donors (Lipinski definition) is 3. The Morgan fingerprint density at radius 1 is 1.24 bits per heavy atom. The first-order chi connectivity index (χ1) is 10.1. The lowest BCUT2D eigenvalue weighted by molar-refractivity contribution is -0.129. The number of rotatable bonds is 6. The fraction of sp³-hybridized carbons (Fsp3) is 0.867. The van der Waals surface area contributed by atoms with Gasteiger partial charge in [0.15, 0.2) is 0 Å². The van der Waals surface area contributed by atoms with Gasteiger partial charge >= 0.3 is 0 Å². The van der Waals surface area contributed by atoms with Crippen molar-refractivity contribution in [2.75, 3.05) is 13.2 Å². The molecular formula is C15H26N2O4. The van der Waals surface area contributed by atoms with Gasteiger partial charge in [-0.25, -0.2) is 0 Å². The van der Waals surface area contributed by atoms with Gasteiger partial charge in [-0.05, 0) is 32.1 Å². The van der Waals surface area contributed by atoms with Crippen LogP contribution in [0, 0.1) is 5.92 Å².